The van der Waals surface area contributed by atoms with Gasteiger partial charge in [-0.15, -0.1) is 0 Å². The standard InChI is InChI=1S/C15H19N3O/c1-10-5-6-12(15(19-4)11(10)2)14(16-3)13-9-17-7-8-18-13/h5-9,14,16H,1-4H3. The van der Waals surface area contributed by atoms with E-state index in [0.717, 1.165) is 22.6 Å². The smallest absolute Gasteiger partial charge is 0.127 e. The number of aromatic nitrogens is 2. The van der Waals surface area contributed by atoms with E-state index in [2.05, 4.69) is 41.3 Å². The zero-order valence-corrected chi connectivity index (χ0v) is 11.8. The van der Waals surface area contributed by atoms with Gasteiger partial charge in [-0.25, -0.2) is 0 Å². The maximum atomic E-state index is 5.57. The normalized spacial score (nSPS) is 12.2. The summed E-state index contributed by atoms with van der Waals surface area (Å²) in [6, 6.07) is 4.16. The molecule has 4 nitrogen and oxygen atoms in total. The Morgan fingerprint density at radius 3 is 2.58 bits per heavy atom. The highest BCUT2D eigenvalue weighted by Gasteiger charge is 2.19. The van der Waals surface area contributed by atoms with Gasteiger partial charge < -0.3 is 10.1 Å². The van der Waals surface area contributed by atoms with Crippen LogP contribution in [0.5, 0.6) is 5.75 Å². The number of hydrogen-bond donors (Lipinski definition) is 1. The maximum Gasteiger partial charge on any atom is 0.127 e. The molecular formula is C15H19N3O. The minimum absolute atomic E-state index is 0.0250. The Morgan fingerprint density at radius 1 is 1.21 bits per heavy atom. The van der Waals surface area contributed by atoms with E-state index >= 15 is 0 Å². The van der Waals surface area contributed by atoms with E-state index in [4.69, 9.17) is 4.74 Å². The number of ether oxygens (including phenoxy) is 1. The Hall–Kier alpha value is -1.94. The molecule has 0 aliphatic carbocycles. The Morgan fingerprint density at radius 2 is 2.00 bits per heavy atom. The van der Waals surface area contributed by atoms with E-state index in [1.165, 1.54) is 5.56 Å². The lowest BCUT2D eigenvalue weighted by Crippen LogP contribution is -2.20. The molecule has 1 aromatic heterocycles. The molecule has 0 amide bonds. The number of nitrogens with zero attached hydrogens (tertiary/aromatic N) is 2. The van der Waals surface area contributed by atoms with E-state index in [9.17, 15) is 0 Å². The minimum atomic E-state index is -0.0250. The van der Waals surface area contributed by atoms with Crippen LogP contribution in [-0.2, 0) is 0 Å². The lowest BCUT2D eigenvalue weighted by atomic mass is 9.97. The first-order valence-electron chi connectivity index (χ1n) is 6.26. The molecule has 1 unspecified atom stereocenters. The number of hydrogen-bond acceptors (Lipinski definition) is 4. The SMILES string of the molecule is CNC(c1cnccn1)c1ccc(C)c(C)c1OC. The van der Waals surface area contributed by atoms with Crippen LogP contribution in [0, 0.1) is 13.8 Å². The monoisotopic (exact) mass is 257 g/mol. The van der Waals surface area contributed by atoms with Crippen molar-refractivity contribution in [1.82, 2.24) is 15.3 Å². The summed E-state index contributed by atoms with van der Waals surface area (Å²) in [5.41, 5.74) is 4.33. The Bertz CT molecular complexity index is 555. The quantitative estimate of drug-likeness (QED) is 0.913. The summed E-state index contributed by atoms with van der Waals surface area (Å²) >= 11 is 0. The predicted octanol–water partition coefficient (Wildman–Crippen LogP) is 2.41. The zero-order chi connectivity index (χ0) is 13.8. The van der Waals surface area contributed by atoms with Crippen molar-refractivity contribution in [2.45, 2.75) is 19.9 Å². The molecule has 1 heterocycles. The molecule has 0 fully saturated rings. The first kappa shape index (κ1) is 13.5. The summed E-state index contributed by atoms with van der Waals surface area (Å²) in [7, 11) is 3.61. The second kappa shape index (κ2) is 5.80. The van der Waals surface area contributed by atoms with Gasteiger partial charge in [-0.3, -0.25) is 9.97 Å². The fourth-order valence-corrected chi connectivity index (χ4v) is 2.23. The van der Waals surface area contributed by atoms with Crippen molar-refractivity contribution in [2.75, 3.05) is 14.2 Å². The van der Waals surface area contributed by atoms with Crippen LogP contribution in [0.3, 0.4) is 0 Å². The van der Waals surface area contributed by atoms with Crippen LogP contribution in [0.25, 0.3) is 0 Å². The molecule has 0 radical (unpaired) electrons. The van der Waals surface area contributed by atoms with Gasteiger partial charge in [-0.1, -0.05) is 12.1 Å². The third-order valence-corrected chi connectivity index (χ3v) is 3.39. The first-order chi connectivity index (χ1) is 9.19. The van der Waals surface area contributed by atoms with Gasteiger partial charge in [0.2, 0.25) is 0 Å². The number of rotatable bonds is 4. The van der Waals surface area contributed by atoms with Gasteiger partial charge in [0.1, 0.15) is 5.75 Å². The van der Waals surface area contributed by atoms with Crippen LogP contribution in [0.15, 0.2) is 30.7 Å². The summed E-state index contributed by atoms with van der Waals surface area (Å²) in [5, 5.41) is 3.27. The van der Waals surface area contributed by atoms with E-state index < -0.39 is 0 Å². The molecule has 2 rings (SSSR count). The molecule has 0 spiro atoms. The van der Waals surface area contributed by atoms with E-state index in [0.29, 0.717) is 0 Å². The molecule has 1 N–H and O–H groups in total. The van der Waals surface area contributed by atoms with Crippen molar-refractivity contribution in [3.8, 4) is 5.75 Å². The highest BCUT2D eigenvalue weighted by atomic mass is 16.5. The Kier molecular flexibility index (Phi) is 4.12. The van der Waals surface area contributed by atoms with Gasteiger partial charge >= 0.3 is 0 Å². The fraction of sp³-hybridized carbons (Fsp3) is 0.333. The second-order valence-corrected chi connectivity index (χ2v) is 4.48. The molecule has 0 aliphatic heterocycles. The molecule has 1 aromatic carbocycles. The zero-order valence-electron chi connectivity index (χ0n) is 11.8. The third kappa shape index (κ3) is 2.58. The summed E-state index contributed by atoms with van der Waals surface area (Å²) in [6.07, 6.45) is 5.15. The number of nitrogens with one attached hydrogen (secondary N) is 1. The maximum absolute atomic E-state index is 5.57. The molecule has 19 heavy (non-hydrogen) atoms. The van der Waals surface area contributed by atoms with Gasteiger partial charge in [-0.05, 0) is 32.0 Å². The molecule has 0 saturated carbocycles. The van der Waals surface area contributed by atoms with Crippen LogP contribution in [0.4, 0.5) is 0 Å². The van der Waals surface area contributed by atoms with Gasteiger partial charge in [0, 0.05) is 18.0 Å². The molecule has 0 bridgehead atoms. The van der Waals surface area contributed by atoms with Crippen LogP contribution in [0.1, 0.15) is 28.4 Å². The van der Waals surface area contributed by atoms with E-state index in [1.54, 1.807) is 25.7 Å². The van der Waals surface area contributed by atoms with Gasteiger partial charge in [-0.2, -0.15) is 0 Å². The number of benzene rings is 1. The molecule has 2 aromatic rings. The largest absolute Gasteiger partial charge is 0.496 e. The van der Waals surface area contributed by atoms with Crippen molar-refractivity contribution in [1.29, 1.82) is 0 Å². The number of aryl methyl sites for hydroxylation is 1. The molecule has 1 atom stereocenters. The van der Waals surface area contributed by atoms with E-state index in [1.807, 2.05) is 7.05 Å². The predicted molar refractivity (Wildman–Crippen MR) is 75.4 cm³/mol. The lowest BCUT2D eigenvalue weighted by molar-refractivity contribution is 0.401. The van der Waals surface area contributed by atoms with Gasteiger partial charge in [0.25, 0.3) is 0 Å². The van der Waals surface area contributed by atoms with Crippen molar-refractivity contribution in [3.05, 3.63) is 53.1 Å². The summed E-state index contributed by atoms with van der Waals surface area (Å²) in [6.45, 7) is 4.15. The Balaban J connectivity index is 2.53. The number of methoxy groups -OCH3 is 1. The summed E-state index contributed by atoms with van der Waals surface area (Å²) in [5.74, 6) is 0.907. The molecule has 0 saturated heterocycles. The van der Waals surface area contributed by atoms with Crippen molar-refractivity contribution in [2.24, 2.45) is 0 Å². The Labute approximate surface area is 113 Å². The van der Waals surface area contributed by atoms with Crippen molar-refractivity contribution >= 4 is 0 Å². The van der Waals surface area contributed by atoms with Crippen LogP contribution >= 0.6 is 0 Å². The van der Waals surface area contributed by atoms with Crippen LogP contribution in [0.2, 0.25) is 0 Å². The summed E-state index contributed by atoms with van der Waals surface area (Å²) in [4.78, 5) is 8.50. The fourth-order valence-electron chi connectivity index (χ4n) is 2.23. The highest BCUT2D eigenvalue weighted by molar-refractivity contribution is 5.48. The van der Waals surface area contributed by atoms with Crippen molar-refractivity contribution < 1.29 is 4.74 Å². The molecule has 4 heteroatoms. The molecule has 100 valence electrons. The first-order valence-corrected chi connectivity index (χ1v) is 6.26. The summed E-state index contributed by atoms with van der Waals surface area (Å²) < 4.78 is 5.57. The second-order valence-electron chi connectivity index (χ2n) is 4.48. The highest BCUT2D eigenvalue weighted by Crippen LogP contribution is 2.33. The average molecular weight is 257 g/mol. The lowest BCUT2D eigenvalue weighted by Gasteiger charge is -2.21. The van der Waals surface area contributed by atoms with Crippen molar-refractivity contribution in [3.63, 3.8) is 0 Å². The van der Waals surface area contributed by atoms with Gasteiger partial charge in [0.05, 0.1) is 25.0 Å². The van der Waals surface area contributed by atoms with E-state index in [-0.39, 0.29) is 6.04 Å². The topological polar surface area (TPSA) is 47.0 Å². The average Bonchev–Trinajstić information content (AvgIpc) is 2.45. The molecule has 0 aliphatic rings. The van der Waals surface area contributed by atoms with Crippen LogP contribution in [-0.4, -0.2) is 24.1 Å². The third-order valence-electron chi connectivity index (χ3n) is 3.39. The van der Waals surface area contributed by atoms with Crippen LogP contribution < -0.4 is 10.1 Å². The minimum Gasteiger partial charge on any atom is -0.496 e. The van der Waals surface area contributed by atoms with Gasteiger partial charge in [0.15, 0.2) is 0 Å². The molecular weight excluding hydrogens is 238 g/mol.